The molecule has 1 aromatic heterocycles. The second kappa shape index (κ2) is 5.28. The van der Waals surface area contributed by atoms with Crippen LogP contribution in [0.4, 0.5) is 0 Å². The van der Waals surface area contributed by atoms with Crippen molar-refractivity contribution in [1.29, 1.82) is 0 Å². The van der Waals surface area contributed by atoms with Gasteiger partial charge < -0.3 is 5.43 Å². The molecule has 0 radical (unpaired) electrons. The summed E-state index contributed by atoms with van der Waals surface area (Å²) in [6, 6.07) is 18.3. The van der Waals surface area contributed by atoms with Crippen molar-refractivity contribution in [2.45, 2.75) is 51.4 Å². The molecular formula is C25H28N2. The molecule has 0 aliphatic heterocycles. The largest absolute Gasteiger partial charge is 0.328 e. The predicted molar refractivity (Wildman–Crippen MR) is 118 cm³/mol. The van der Waals surface area contributed by atoms with Crippen LogP contribution in [0.5, 0.6) is 0 Å². The molecule has 0 saturated heterocycles. The fraction of sp³-hybridized carbons (Fsp3) is 0.360. The molecule has 1 heterocycles. The molecule has 0 saturated carbocycles. The maximum atomic E-state index is 3.43. The van der Waals surface area contributed by atoms with Crippen molar-refractivity contribution in [1.82, 2.24) is 4.68 Å². The molecule has 0 unspecified atom stereocenters. The first-order chi connectivity index (χ1) is 12.8. The van der Waals surface area contributed by atoms with E-state index in [0.29, 0.717) is 0 Å². The maximum absolute atomic E-state index is 3.43. The van der Waals surface area contributed by atoms with Gasteiger partial charge in [-0.1, -0.05) is 52.0 Å². The van der Waals surface area contributed by atoms with Crippen molar-refractivity contribution in [2.24, 2.45) is 0 Å². The first kappa shape index (κ1) is 16.7. The van der Waals surface area contributed by atoms with Crippen LogP contribution >= 0.6 is 0 Å². The number of hydrogen-bond donors (Lipinski definition) is 1. The number of hydrogen-bond acceptors (Lipinski definition) is 1. The number of nitrogens with one attached hydrogen (secondary N) is 1. The van der Waals surface area contributed by atoms with Crippen molar-refractivity contribution in [3.05, 3.63) is 59.7 Å². The molecule has 1 N–H and O–H groups in total. The van der Waals surface area contributed by atoms with Crippen molar-refractivity contribution < 1.29 is 0 Å². The van der Waals surface area contributed by atoms with Crippen LogP contribution in [0.2, 0.25) is 0 Å². The molecule has 0 bridgehead atoms. The molecule has 27 heavy (non-hydrogen) atoms. The van der Waals surface area contributed by atoms with Crippen LogP contribution in [0.15, 0.2) is 48.5 Å². The van der Waals surface area contributed by atoms with Gasteiger partial charge in [0.05, 0.1) is 11.0 Å². The first-order valence-electron chi connectivity index (χ1n) is 10.0. The Morgan fingerprint density at radius 3 is 1.89 bits per heavy atom. The predicted octanol–water partition coefficient (Wildman–Crippen LogP) is 6.47. The lowest BCUT2D eigenvalue weighted by atomic mass is 9.63. The molecule has 3 aromatic carbocycles. The highest BCUT2D eigenvalue weighted by molar-refractivity contribution is 6.13. The summed E-state index contributed by atoms with van der Waals surface area (Å²) in [5.41, 5.74) is 9.45. The van der Waals surface area contributed by atoms with Crippen molar-refractivity contribution in [3.63, 3.8) is 0 Å². The average molecular weight is 357 g/mol. The summed E-state index contributed by atoms with van der Waals surface area (Å²) in [4.78, 5) is 0. The Balaban J connectivity index is 1.96. The lowest BCUT2D eigenvalue weighted by molar-refractivity contribution is 0.332. The van der Waals surface area contributed by atoms with E-state index in [1.807, 2.05) is 7.05 Å². The quantitative estimate of drug-likeness (QED) is 0.413. The van der Waals surface area contributed by atoms with Gasteiger partial charge in [0.2, 0.25) is 0 Å². The molecule has 5 rings (SSSR count). The van der Waals surface area contributed by atoms with Gasteiger partial charge >= 0.3 is 0 Å². The number of aromatic nitrogens is 1. The van der Waals surface area contributed by atoms with E-state index in [4.69, 9.17) is 0 Å². The molecule has 0 fully saturated rings. The van der Waals surface area contributed by atoms with E-state index in [0.717, 1.165) is 0 Å². The summed E-state index contributed by atoms with van der Waals surface area (Å²) in [5.74, 6) is 0. The molecule has 0 atom stereocenters. The molecule has 0 spiro atoms. The third-order valence-electron chi connectivity index (χ3n) is 6.83. The molecule has 4 aromatic rings. The van der Waals surface area contributed by atoms with Gasteiger partial charge in [0, 0.05) is 17.8 Å². The minimum absolute atomic E-state index is 0.221. The summed E-state index contributed by atoms with van der Waals surface area (Å²) < 4.78 is 2.26. The molecule has 1 aliphatic rings. The van der Waals surface area contributed by atoms with Gasteiger partial charge in [-0.25, -0.2) is 0 Å². The van der Waals surface area contributed by atoms with Crippen molar-refractivity contribution in [2.75, 3.05) is 12.5 Å². The van der Waals surface area contributed by atoms with E-state index >= 15 is 0 Å². The number of rotatable bonds is 1. The fourth-order valence-corrected chi connectivity index (χ4v) is 5.00. The summed E-state index contributed by atoms with van der Waals surface area (Å²) in [6.45, 7) is 9.60. The Hall–Kier alpha value is -2.48. The SMILES string of the molecule is CNn1c2cc3c(cc2c2cc4ccccc4cc21)C(C)(C)CCC3(C)C. The second-order valence-electron chi connectivity index (χ2n) is 9.46. The van der Waals surface area contributed by atoms with Crippen molar-refractivity contribution >= 4 is 32.6 Å². The number of nitrogens with zero attached hydrogens (tertiary/aromatic N) is 1. The van der Waals surface area contributed by atoms with Crippen LogP contribution in [-0.4, -0.2) is 11.7 Å². The zero-order valence-corrected chi connectivity index (χ0v) is 17.0. The smallest absolute Gasteiger partial charge is 0.0712 e. The van der Waals surface area contributed by atoms with Gasteiger partial charge in [-0.05, 0) is 69.8 Å². The van der Waals surface area contributed by atoms with Crippen LogP contribution in [0.3, 0.4) is 0 Å². The second-order valence-corrected chi connectivity index (χ2v) is 9.46. The summed E-state index contributed by atoms with van der Waals surface area (Å²) >= 11 is 0. The first-order valence-corrected chi connectivity index (χ1v) is 10.0. The molecular weight excluding hydrogens is 328 g/mol. The van der Waals surface area contributed by atoms with E-state index in [2.05, 4.69) is 86.3 Å². The summed E-state index contributed by atoms with van der Waals surface area (Å²) in [5, 5.41) is 5.28. The zero-order valence-electron chi connectivity index (χ0n) is 17.0. The molecule has 2 heteroatoms. The minimum Gasteiger partial charge on any atom is -0.328 e. The standard InChI is InChI=1S/C25H28N2/c1-24(2)10-11-25(3,4)21-15-23-19(14-20(21)24)18-12-16-8-6-7-9-17(16)13-22(18)27(23)26-5/h6-9,12-15,26H,10-11H2,1-5H3. The average Bonchev–Trinajstić information content (AvgIpc) is 2.95. The Bertz CT molecular complexity index is 1210. The summed E-state index contributed by atoms with van der Waals surface area (Å²) in [7, 11) is 2.02. The highest BCUT2D eigenvalue weighted by Crippen LogP contribution is 2.48. The van der Waals surface area contributed by atoms with Gasteiger partial charge in [0.15, 0.2) is 0 Å². The van der Waals surface area contributed by atoms with Gasteiger partial charge in [-0.2, -0.15) is 0 Å². The van der Waals surface area contributed by atoms with E-state index in [-0.39, 0.29) is 10.8 Å². The molecule has 2 nitrogen and oxygen atoms in total. The minimum atomic E-state index is 0.221. The lowest BCUT2D eigenvalue weighted by Crippen LogP contribution is -2.33. The Labute approximate surface area is 161 Å². The third kappa shape index (κ3) is 2.25. The lowest BCUT2D eigenvalue weighted by Gasteiger charge is -2.42. The van der Waals surface area contributed by atoms with Gasteiger partial charge in [-0.3, -0.25) is 4.68 Å². The van der Waals surface area contributed by atoms with Crippen LogP contribution < -0.4 is 5.43 Å². The number of benzene rings is 3. The molecule has 0 amide bonds. The topological polar surface area (TPSA) is 17.0 Å². The van der Waals surface area contributed by atoms with E-state index < -0.39 is 0 Å². The van der Waals surface area contributed by atoms with Crippen LogP contribution in [0, 0.1) is 0 Å². The Kier molecular flexibility index (Phi) is 3.26. The number of fused-ring (bicyclic) bond motifs is 5. The normalized spacial score (nSPS) is 18.1. The van der Waals surface area contributed by atoms with E-state index in [9.17, 15) is 0 Å². The van der Waals surface area contributed by atoms with Crippen LogP contribution in [-0.2, 0) is 10.8 Å². The summed E-state index contributed by atoms with van der Waals surface area (Å²) in [6.07, 6.45) is 2.48. The van der Waals surface area contributed by atoms with Crippen LogP contribution in [0.1, 0.15) is 51.7 Å². The van der Waals surface area contributed by atoms with E-state index in [1.165, 1.54) is 56.5 Å². The van der Waals surface area contributed by atoms with Crippen LogP contribution in [0.25, 0.3) is 32.6 Å². The maximum Gasteiger partial charge on any atom is 0.0712 e. The Morgan fingerprint density at radius 1 is 0.741 bits per heavy atom. The van der Waals surface area contributed by atoms with Gasteiger partial charge in [0.25, 0.3) is 0 Å². The molecule has 1 aliphatic carbocycles. The monoisotopic (exact) mass is 356 g/mol. The molecule has 138 valence electrons. The van der Waals surface area contributed by atoms with Crippen molar-refractivity contribution in [3.8, 4) is 0 Å². The van der Waals surface area contributed by atoms with E-state index in [1.54, 1.807) is 0 Å². The fourth-order valence-electron chi connectivity index (χ4n) is 5.00. The highest BCUT2D eigenvalue weighted by Gasteiger charge is 2.37. The van der Waals surface area contributed by atoms with Gasteiger partial charge in [0.1, 0.15) is 0 Å². The zero-order chi connectivity index (χ0) is 19.0. The third-order valence-corrected chi connectivity index (χ3v) is 6.83. The van der Waals surface area contributed by atoms with Gasteiger partial charge in [-0.15, -0.1) is 0 Å². The highest BCUT2D eigenvalue weighted by atomic mass is 15.4. The Morgan fingerprint density at radius 2 is 1.26 bits per heavy atom.